The molecule has 0 fully saturated rings. The van der Waals surface area contributed by atoms with Crippen LogP contribution < -0.4 is 0 Å². The fraction of sp³-hybridized carbons (Fsp3) is 0.947. The molecule has 94 heavy (non-hydrogen) atoms. The SMILES string of the molecule is CCCCCCCCCCCCCCCCCCCC(=O)O[C@H](COC(=O)CCCCCCCCCCCCCCCCC)COP(=O)(O)OC[C@@H](O)COP(=O)(O)OC[C@@H](COC(=O)CCCCCCCCCCC(C)C)OC(=O)CCCCCCCCCCC(C)C. The Bertz CT molecular complexity index is 1820. The van der Waals surface area contributed by atoms with E-state index in [1.807, 2.05) is 0 Å². The molecule has 0 aromatic rings. The number of unbranched alkanes of at least 4 members (excludes halogenated alkanes) is 44. The molecule has 0 saturated heterocycles. The van der Waals surface area contributed by atoms with E-state index in [1.54, 1.807) is 0 Å². The lowest BCUT2D eigenvalue weighted by atomic mass is 10.0. The van der Waals surface area contributed by atoms with E-state index in [0.717, 1.165) is 102 Å². The zero-order valence-corrected chi connectivity index (χ0v) is 63.1. The Morgan fingerprint density at radius 2 is 0.489 bits per heavy atom. The second-order valence-electron chi connectivity index (χ2n) is 28.0. The predicted molar refractivity (Wildman–Crippen MR) is 381 cm³/mol. The molecule has 19 heteroatoms. The van der Waals surface area contributed by atoms with Gasteiger partial charge in [-0.15, -0.1) is 0 Å². The standard InChI is InChI=1S/C75H146O17P2/c1-7-9-11-13-15-17-19-21-23-24-26-28-30-32-41-47-53-59-74(79)91-70(63-85-72(77)57-51-45-39-31-29-27-25-22-20-18-16-14-12-10-8-2)65-89-93(81,82)87-61-69(76)62-88-94(83,84)90-66-71(92-75(80)60-54-48-42-36-34-38-44-50-56-68(5)6)64-86-73(78)58-52-46-40-35-33-37-43-49-55-67(3)4/h67-71,76H,7-66H2,1-6H3,(H,81,82)(H,83,84)/t69-,70-,71-/m1/s1. The average molecular weight is 1380 g/mol. The molecule has 0 saturated carbocycles. The second-order valence-corrected chi connectivity index (χ2v) is 30.9. The van der Waals surface area contributed by atoms with E-state index < -0.39 is 97.5 Å². The molecule has 0 amide bonds. The molecule has 5 atom stereocenters. The molecule has 0 aromatic carbocycles. The lowest BCUT2D eigenvalue weighted by Gasteiger charge is -2.21. The Labute approximate surface area is 575 Å². The van der Waals surface area contributed by atoms with Crippen molar-refractivity contribution in [3.05, 3.63) is 0 Å². The molecule has 0 rings (SSSR count). The van der Waals surface area contributed by atoms with Crippen LogP contribution in [0.5, 0.6) is 0 Å². The fourth-order valence-corrected chi connectivity index (χ4v) is 13.1. The third-order valence-corrected chi connectivity index (χ3v) is 19.4. The van der Waals surface area contributed by atoms with Gasteiger partial charge in [0.2, 0.25) is 0 Å². The Morgan fingerprint density at radius 1 is 0.287 bits per heavy atom. The van der Waals surface area contributed by atoms with E-state index in [2.05, 4.69) is 41.5 Å². The monoisotopic (exact) mass is 1380 g/mol. The largest absolute Gasteiger partial charge is 0.472 e. The van der Waals surface area contributed by atoms with E-state index in [1.165, 1.54) is 205 Å². The normalized spacial score (nSPS) is 14.0. The van der Waals surface area contributed by atoms with Gasteiger partial charge in [0.05, 0.1) is 26.4 Å². The van der Waals surface area contributed by atoms with Crippen LogP contribution >= 0.6 is 15.6 Å². The number of aliphatic hydroxyl groups is 1. The minimum Gasteiger partial charge on any atom is -0.462 e. The molecule has 0 aliphatic carbocycles. The Hall–Kier alpha value is -1.94. The molecule has 0 aliphatic heterocycles. The van der Waals surface area contributed by atoms with Gasteiger partial charge in [-0.25, -0.2) is 9.13 Å². The zero-order chi connectivity index (χ0) is 69.3. The van der Waals surface area contributed by atoms with Gasteiger partial charge in [-0.2, -0.15) is 0 Å². The molecule has 2 unspecified atom stereocenters. The van der Waals surface area contributed by atoms with Crippen molar-refractivity contribution in [1.82, 2.24) is 0 Å². The summed E-state index contributed by atoms with van der Waals surface area (Å²) in [6.45, 7) is 9.52. The fourth-order valence-electron chi connectivity index (χ4n) is 11.5. The maximum Gasteiger partial charge on any atom is 0.472 e. The molecule has 17 nitrogen and oxygen atoms in total. The smallest absolute Gasteiger partial charge is 0.462 e. The summed E-state index contributed by atoms with van der Waals surface area (Å²) >= 11 is 0. The van der Waals surface area contributed by atoms with Crippen LogP contribution in [0.2, 0.25) is 0 Å². The first kappa shape index (κ1) is 92.1. The minimum absolute atomic E-state index is 0.104. The van der Waals surface area contributed by atoms with E-state index >= 15 is 0 Å². The lowest BCUT2D eigenvalue weighted by Crippen LogP contribution is -2.30. The van der Waals surface area contributed by atoms with Crippen LogP contribution in [-0.2, 0) is 65.4 Å². The quantitative estimate of drug-likeness (QED) is 0.0222. The highest BCUT2D eigenvalue weighted by Crippen LogP contribution is 2.45. The minimum atomic E-state index is -4.96. The summed E-state index contributed by atoms with van der Waals surface area (Å²) in [5, 5.41) is 10.6. The summed E-state index contributed by atoms with van der Waals surface area (Å²) in [5.74, 6) is -0.673. The molecule has 0 spiro atoms. The first-order chi connectivity index (χ1) is 45.4. The van der Waals surface area contributed by atoms with Crippen molar-refractivity contribution in [3.63, 3.8) is 0 Å². The number of rotatable bonds is 74. The van der Waals surface area contributed by atoms with Crippen LogP contribution in [0.1, 0.15) is 388 Å². The third kappa shape index (κ3) is 68.6. The Balaban J connectivity index is 5.24. The van der Waals surface area contributed by atoms with Gasteiger partial charge < -0.3 is 33.8 Å². The van der Waals surface area contributed by atoms with Crippen molar-refractivity contribution in [3.8, 4) is 0 Å². The highest BCUT2D eigenvalue weighted by molar-refractivity contribution is 7.47. The summed E-state index contributed by atoms with van der Waals surface area (Å²) in [4.78, 5) is 72.8. The number of ether oxygens (including phenoxy) is 4. The highest BCUT2D eigenvalue weighted by Gasteiger charge is 2.30. The molecule has 3 N–H and O–H groups in total. The summed E-state index contributed by atoms with van der Waals surface area (Å²) in [7, 11) is -9.91. The highest BCUT2D eigenvalue weighted by atomic mass is 31.2. The number of carbonyl (C=O) groups is 4. The van der Waals surface area contributed by atoms with E-state index in [-0.39, 0.29) is 25.7 Å². The Kier molecular flexibility index (Phi) is 65.5. The molecule has 0 radical (unpaired) electrons. The average Bonchev–Trinajstić information content (AvgIpc) is 3.17. The van der Waals surface area contributed by atoms with E-state index in [4.69, 9.17) is 37.0 Å². The molecular weight excluding hydrogens is 1230 g/mol. The van der Waals surface area contributed by atoms with Crippen LogP contribution in [0.25, 0.3) is 0 Å². The molecule has 558 valence electrons. The summed E-state index contributed by atoms with van der Waals surface area (Å²) in [6.07, 6.45) is 54.2. The van der Waals surface area contributed by atoms with E-state index in [0.29, 0.717) is 25.7 Å². The first-order valence-corrected chi connectivity index (χ1v) is 42.0. The van der Waals surface area contributed by atoms with Crippen molar-refractivity contribution in [2.75, 3.05) is 39.6 Å². The number of hydrogen-bond donors (Lipinski definition) is 3. The van der Waals surface area contributed by atoms with Crippen molar-refractivity contribution in [1.29, 1.82) is 0 Å². The summed E-state index contributed by atoms with van der Waals surface area (Å²) in [6, 6.07) is 0. The van der Waals surface area contributed by atoms with Gasteiger partial charge in [-0.1, -0.05) is 337 Å². The van der Waals surface area contributed by atoms with Gasteiger partial charge in [0, 0.05) is 25.7 Å². The number of hydrogen-bond acceptors (Lipinski definition) is 15. The maximum absolute atomic E-state index is 13.1. The molecule has 0 aliphatic rings. The van der Waals surface area contributed by atoms with Crippen molar-refractivity contribution in [2.24, 2.45) is 11.8 Å². The van der Waals surface area contributed by atoms with Gasteiger partial charge in [0.25, 0.3) is 0 Å². The van der Waals surface area contributed by atoms with Gasteiger partial charge in [0.1, 0.15) is 19.3 Å². The molecule has 0 aromatic heterocycles. The number of phosphoric acid groups is 2. The number of aliphatic hydroxyl groups excluding tert-OH is 1. The van der Waals surface area contributed by atoms with Crippen LogP contribution in [0.4, 0.5) is 0 Å². The maximum atomic E-state index is 13.1. The molecular formula is C75H146O17P2. The van der Waals surface area contributed by atoms with E-state index in [9.17, 15) is 43.2 Å². The predicted octanol–water partition coefficient (Wildman–Crippen LogP) is 21.9. The van der Waals surface area contributed by atoms with Crippen LogP contribution in [0.3, 0.4) is 0 Å². The van der Waals surface area contributed by atoms with Crippen molar-refractivity contribution < 1.29 is 80.2 Å². The third-order valence-electron chi connectivity index (χ3n) is 17.5. The number of carbonyl (C=O) groups excluding carboxylic acids is 4. The van der Waals surface area contributed by atoms with Gasteiger partial charge in [-0.05, 0) is 37.5 Å². The molecule has 0 bridgehead atoms. The summed E-state index contributed by atoms with van der Waals surface area (Å²) in [5.41, 5.74) is 0. The topological polar surface area (TPSA) is 237 Å². The van der Waals surface area contributed by atoms with Gasteiger partial charge >= 0.3 is 39.5 Å². The molecule has 0 heterocycles. The number of esters is 4. The summed E-state index contributed by atoms with van der Waals surface area (Å²) < 4.78 is 68.5. The van der Waals surface area contributed by atoms with Crippen molar-refractivity contribution in [2.45, 2.75) is 407 Å². The van der Waals surface area contributed by atoms with Crippen LogP contribution in [-0.4, -0.2) is 96.7 Å². The Morgan fingerprint density at radius 3 is 0.723 bits per heavy atom. The first-order valence-electron chi connectivity index (χ1n) is 39.0. The van der Waals surface area contributed by atoms with Crippen molar-refractivity contribution >= 4 is 39.5 Å². The van der Waals surface area contributed by atoms with Gasteiger partial charge in [-0.3, -0.25) is 37.3 Å². The van der Waals surface area contributed by atoms with Crippen LogP contribution in [0.15, 0.2) is 0 Å². The number of phosphoric ester groups is 2. The van der Waals surface area contributed by atoms with Crippen LogP contribution in [0, 0.1) is 11.8 Å². The lowest BCUT2D eigenvalue weighted by molar-refractivity contribution is -0.161. The second kappa shape index (κ2) is 66.9. The van der Waals surface area contributed by atoms with Gasteiger partial charge in [0.15, 0.2) is 12.2 Å². The zero-order valence-electron chi connectivity index (χ0n) is 61.3.